The zero-order valence-electron chi connectivity index (χ0n) is 25.6. The molecule has 0 aliphatic heterocycles. The van der Waals surface area contributed by atoms with Gasteiger partial charge in [-0.15, -0.1) is 0 Å². The highest BCUT2D eigenvalue weighted by atomic mass is 16.3. The summed E-state index contributed by atoms with van der Waals surface area (Å²) >= 11 is 0. The molecule has 0 N–H and O–H groups in total. The second-order valence-electron chi connectivity index (χ2n) is 11.9. The number of rotatable bonds is 4. The highest BCUT2D eigenvalue weighted by Gasteiger charge is 2.20. The minimum Gasteiger partial charge on any atom is -0.456 e. The van der Waals surface area contributed by atoms with Gasteiger partial charge in [-0.25, -0.2) is 4.98 Å². The molecule has 6 nitrogen and oxygen atoms in total. The van der Waals surface area contributed by atoms with Gasteiger partial charge >= 0.3 is 0 Å². The second-order valence-corrected chi connectivity index (χ2v) is 11.9. The van der Waals surface area contributed by atoms with Crippen LogP contribution in [0, 0.1) is 0 Å². The van der Waals surface area contributed by atoms with Crippen LogP contribution in [0.2, 0.25) is 0 Å². The highest BCUT2D eigenvalue weighted by molar-refractivity contribution is 6.16. The Morgan fingerprint density at radius 2 is 1.08 bits per heavy atom. The van der Waals surface area contributed by atoms with Crippen LogP contribution in [0.3, 0.4) is 0 Å². The average Bonchev–Trinajstić information content (AvgIpc) is 3.71. The third kappa shape index (κ3) is 3.99. The molecule has 4 heterocycles. The average molecular weight is 616 g/mol. The molecule has 0 amide bonds. The Kier molecular flexibility index (Phi) is 5.77. The molecular weight excluding hydrogens is 590 g/mol. The number of aromatic nitrogens is 5. The van der Waals surface area contributed by atoms with Gasteiger partial charge in [-0.2, -0.15) is 9.97 Å². The van der Waals surface area contributed by atoms with Crippen molar-refractivity contribution in [2.24, 2.45) is 0 Å². The fraction of sp³-hybridized carbons (Fsp3) is 0. The monoisotopic (exact) mass is 615 g/mol. The molecule has 0 atom stereocenters. The summed E-state index contributed by atoms with van der Waals surface area (Å²) in [6.45, 7) is 0. The highest BCUT2D eigenvalue weighted by Crippen LogP contribution is 2.41. The first kappa shape index (κ1) is 26.5. The van der Waals surface area contributed by atoms with E-state index in [0.29, 0.717) is 17.6 Å². The first-order valence-electron chi connectivity index (χ1n) is 15.9. The smallest absolute Gasteiger partial charge is 0.238 e. The van der Waals surface area contributed by atoms with Crippen LogP contribution in [-0.2, 0) is 0 Å². The van der Waals surface area contributed by atoms with Crippen molar-refractivity contribution in [1.29, 1.82) is 0 Å². The summed E-state index contributed by atoms with van der Waals surface area (Å²) in [6, 6.07) is 47.9. The van der Waals surface area contributed by atoms with Crippen LogP contribution in [0.4, 0.5) is 0 Å². The van der Waals surface area contributed by atoms with Gasteiger partial charge in [0.2, 0.25) is 5.95 Å². The zero-order chi connectivity index (χ0) is 31.6. The molecule has 0 bridgehead atoms. The Bertz CT molecular complexity index is 2800. The Hall–Kier alpha value is -6.66. The van der Waals surface area contributed by atoms with Crippen LogP contribution in [0.15, 0.2) is 156 Å². The molecule has 6 heteroatoms. The number of furan rings is 1. The van der Waals surface area contributed by atoms with Crippen molar-refractivity contribution in [3.63, 3.8) is 0 Å². The SMILES string of the molecule is c1ccc(-c2nc(-c3ccc(-c4cccc5oc6ccncc6c45)c4ccccc34)nc(-n3c4ccccc4c4ccccc43)n2)cc1. The molecule has 0 fully saturated rings. The van der Waals surface area contributed by atoms with E-state index in [1.54, 1.807) is 6.20 Å². The predicted molar refractivity (Wildman–Crippen MR) is 193 cm³/mol. The van der Waals surface area contributed by atoms with E-state index in [4.69, 9.17) is 19.4 Å². The van der Waals surface area contributed by atoms with E-state index >= 15 is 0 Å². The number of pyridine rings is 1. The molecule has 0 saturated heterocycles. The van der Waals surface area contributed by atoms with Crippen LogP contribution in [0.1, 0.15) is 0 Å². The van der Waals surface area contributed by atoms with Crippen molar-refractivity contribution >= 4 is 54.5 Å². The topological polar surface area (TPSA) is 69.6 Å². The van der Waals surface area contributed by atoms with E-state index in [9.17, 15) is 0 Å². The van der Waals surface area contributed by atoms with E-state index in [-0.39, 0.29) is 0 Å². The number of nitrogens with zero attached hydrogens (tertiary/aromatic N) is 5. The van der Waals surface area contributed by atoms with Crippen molar-refractivity contribution in [2.75, 3.05) is 0 Å². The molecule has 224 valence electrons. The van der Waals surface area contributed by atoms with Gasteiger partial charge < -0.3 is 4.42 Å². The summed E-state index contributed by atoms with van der Waals surface area (Å²) < 4.78 is 8.37. The van der Waals surface area contributed by atoms with E-state index < -0.39 is 0 Å². The van der Waals surface area contributed by atoms with Gasteiger partial charge in [0.05, 0.1) is 11.0 Å². The van der Waals surface area contributed by atoms with E-state index in [1.165, 1.54) is 0 Å². The van der Waals surface area contributed by atoms with Gasteiger partial charge in [-0.3, -0.25) is 9.55 Å². The maximum atomic E-state index is 6.22. The Morgan fingerprint density at radius 1 is 0.438 bits per heavy atom. The Labute approximate surface area is 274 Å². The molecule has 48 heavy (non-hydrogen) atoms. The summed E-state index contributed by atoms with van der Waals surface area (Å²) in [5.41, 5.74) is 7.81. The largest absolute Gasteiger partial charge is 0.456 e. The van der Waals surface area contributed by atoms with Crippen molar-refractivity contribution < 1.29 is 4.42 Å². The van der Waals surface area contributed by atoms with Crippen molar-refractivity contribution in [3.8, 4) is 39.9 Å². The molecule has 0 aliphatic rings. The number of hydrogen-bond acceptors (Lipinski definition) is 5. The quantitative estimate of drug-likeness (QED) is 0.197. The fourth-order valence-electron chi connectivity index (χ4n) is 7.06. The van der Waals surface area contributed by atoms with Gasteiger partial charge in [0.25, 0.3) is 0 Å². The molecule has 0 saturated carbocycles. The lowest BCUT2D eigenvalue weighted by Gasteiger charge is -2.14. The second kappa shape index (κ2) is 10.4. The van der Waals surface area contributed by atoms with E-state index in [2.05, 4.69) is 101 Å². The molecule has 0 radical (unpaired) electrons. The molecule has 4 aromatic heterocycles. The van der Waals surface area contributed by atoms with Gasteiger partial charge in [0.1, 0.15) is 11.2 Å². The lowest BCUT2D eigenvalue weighted by Crippen LogP contribution is -2.06. The summed E-state index contributed by atoms with van der Waals surface area (Å²) in [5.74, 6) is 1.80. The van der Waals surface area contributed by atoms with Crippen LogP contribution in [0.25, 0.3) is 94.4 Å². The minimum absolute atomic E-state index is 0.576. The third-order valence-corrected chi connectivity index (χ3v) is 9.19. The number of para-hydroxylation sites is 2. The number of fused-ring (bicyclic) bond motifs is 7. The first-order chi connectivity index (χ1) is 23.8. The maximum absolute atomic E-state index is 6.22. The molecule has 0 unspecified atom stereocenters. The van der Waals surface area contributed by atoms with Crippen LogP contribution in [0.5, 0.6) is 0 Å². The van der Waals surface area contributed by atoms with Gasteiger partial charge in [-0.05, 0) is 52.2 Å². The van der Waals surface area contributed by atoms with Crippen LogP contribution >= 0.6 is 0 Å². The van der Waals surface area contributed by atoms with Crippen LogP contribution < -0.4 is 0 Å². The van der Waals surface area contributed by atoms with Gasteiger partial charge in [0, 0.05) is 45.1 Å². The Morgan fingerprint density at radius 3 is 1.85 bits per heavy atom. The standard InChI is InChI=1S/C42H25N5O/c1-2-11-26(12-3-1)40-44-41(46-42(45-40)47-35-18-8-6-15-30(35)31-16-7-9-19-36(31)47)33-22-21-29(27-13-4-5-14-28(27)33)32-17-10-20-38-39(32)34-25-43-24-23-37(34)48-38/h1-25H. The van der Waals surface area contributed by atoms with Gasteiger partial charge in [0.15, 0.2) is 11.6 Å². The molecular formula is C42H25N5O. The van der Waals surface area contributed by atoms with E-state index in [1.807, 2.05) is 54.7 Å². The minimum atomic E-state index is 0.576. The van der Waals surface area contributed by atoms with E-state index in [0.717, 1.165) is 76.8 Å². The lowest BCUT2D eigenvalue weighted by atomic mass is 9.92. The number of hydrogen-bond donors (Lipinski definition) is 0. The Balaban J connectivity index is 1.25. The molecule has 10 aromatic rings. The lowest BCUT2D eigenvalue weighted by molar-refractivity contribution is 0.668. The molecule has 0 spiro atoms. The molecule has 10 rings (SSSR count). The van der Waals surface area contributed by atoms with Crippen molar-refractivity contribution in [2.45, 2.75) is 0 Å². The van der Waals surface area contributed by atoms with Gasteiger partial charge in [-0.1, -0.05) is 109 Å². The van der Waals surface area contributed by atoms with Crippen LogP contribution in [-0.4, -0.2) is 24.5 Å². The summed E-state index contributed by atoms with van der Waals surface area (Å²) in [7, 11) is 0. The van der Waals surface area contributed by atoms with Crippen molar-refractivity contribution in [1.82, 2.24) is 24.5 Å². The summed E-state index contributed by atoms with van der Waals surface area (Å²) in [6.07, 6.45) is 3.65. The summed E-state index contributed by atoms with van der Waals surface area (Å²) in [5, 5.41) is 6.51. The molecule has 0 aliphatic carbocycles. The number of benzene rings is 6. The predicted octanol–water partition coefficient (Wildman–Crippen LogP) is 10.4. The third-order valence-electron chi connectivity index (χ3n) is 9.19. The zero-order valence-corrected chi connectivity index (χ0v) is 25.6. The summed E-state index contributed by atoms with van der Waals surface area (Å²) in [4.78, 5) is 19.8. The van der Waals surface area contributed by atoms with Crippen molar-refractivity contribution in [3.05, 3.63) is 152 Å². The maximum Gasteiger partial charge on any atom is 0.238 e. The normalized spacial score (nSPS) is 11.8. The molecule has 6 aromatic carbocycles. The fourth-order valence-corrected chi connectivity index (χ4v) is 7.06. The first-order valence-corrected chi connectivity index (χ1v) is 15.9.